The summed E-state index contributed by atoms with van der Waals surface area (Å²) in [5.74, 6) is 1.33. The predicted molar refractivity (Wildman–Crippen MR) is 126 cm³/mol. The van der Waals surface area contributed by atoms with E-state index in [2.05, 4.69) is 20.0 Å². The highest BCUT2D eigenvalue weighted by Gasteiger charge is 2.19. The van der Waals surface area contributed by atoms with E-state index in [4.69, 9.17) is 9.40 Å². The highest BCUT2D eigenvalue weighted by atomic mass is 16.3. The van der Waals surface area contributed by atoms with Gasteiger partial charge in [0, 0.05) is 30.7 Å². The van der Waals surface area contributed by atoms with E-state index in [0.717, 1.165) is 17.9 Å². The summed E-state index contributed by atoms with van der Waals surface area (Å²) < 4.78 is 9.42. The van der Waals surface area contributed by atoms with Crippen molar-refractivity contribution in [3.8, 4) is 11.5 Å². The third-order valence-corrected chi connectivity index (χ3v) is 5.56. The molecule has 0 aliphatic heterocycles. The molecular weight excluding hydrogens is 416 g/mol. The molecule has 8 nitrogen and oxygen atoms in total. The summed E-state index contributed by atoms with van der Waals surface area (Å²) >= 11 is 0. The van der Waals surface area contributed by atoms with Gasteiger partial charge in [-0.05, 0) is 56.7 Å². The van der Waals surface area contributed by atoms with E-state index >= 15 is 0 Å². The normalized spacial score (nSPS) is 11.4. The van der Waals surface area contributed by atoms with Gasteiger partial charge in [-0.15, -0.1) is 0 Å². The van der Waals surface area contributed by atoms with Crippen molar-refractivity contribution in [3.05, 3.63) is 84.3 Å². The molecule has 1 amide bonds. The van der Waals surface area contributed by atoms with Gasteiger partial charge in [0.15, 0.2) is 11.4 Å². The van der Waals surface area contributed by atoms with Gasteiger partial charge in [0.1, 0.15) is 11.5 Å². The van der Waals surface area contributed by atoms with Gasteiger partial charge in [-0.25, -0.2) is 14.6 Å². The number of nitrogens with one attached hydrogen (secondary N) is 1. The third kappa shape index (κ3) is 4.03. The molecule has 0 aliphatic rings. The van der Waals surface area contributed by atoms with Crippen LogP contribution < -0.4 is 5.32 Å². The van der Waals surface area contributed by atoms with Gasteiger partial charge in [0.25, 0.3) is 5.91 Å². The summed E-state index contributed by atoms with van der Waals surface area (Å²) in [5.41, 5.74) is 3.57. The number of nitrogens with zero attached hydrogens (tertiary/aromatic N) is 5. The Morgan fingerprint density at radius 2 is 2.00 bits per heavy atom. The lowest BCUT2D eigenvalue weighted by Gasteiger charge is -2.11. The summed E-state index contributed by atoms with van der Waals surface area (Å²) in [6, 6.07) is 13.3. The van der Waals surface area contributed by atoms with Crippen LogP contribution in [0.25, 0.3) is 22.5 Å². The monoisotopic (exact) mass is 440 g/mol. The van der Waals surface area contributed by atoms with Gasteiger partial charge in [-0.3, -0.25) is 4.79 Å². The van der Waals surface area contributed by atoms with Crippen molar-refractivity contribution in [2.45, 2.75) is 33.4 Å². The fraction of sp³-hybridized carbons (Fsp3) is 0.200. The molecule has 5 rings (SSSR count). The molecule has 8 heteroatoms. The number of furan rings is 1. The second-order valence-electron chi connectivity index (χ2n) is 8.21. The molecule has 5 aromatic rings. The summed E-state index contributed by atoms with van der Waals surface area (Å²) in [5, 5.41) is 8.16. The average molecular weight is 441 g/mol. The Morgan fingerprint density at radius 1 is 1.18 bits per heavy atom. The zero-order valence-electron chi connectivity index (χ0n) is 18.7. The number of pyridine rings is 1. The Balaban J connectivity index is 1.45. The molecule has 0 aliphatic carbocycles. The van der Waals surface area contributed by atoms with Gasteiger partial charge >= 0.3 is 0 Å². The molecule has 1 N–H and O–H groups in total. The molecule has 0 unspecified atom stereocenters. The van der Waals surface area contributed by atoms with Gasteiger partial charge in [-0.2, -0.15) is 5.10 Å². The van der Waals surface area contributed by atoms with Crippen LogP contribution in [0.2, 0.25) is 0 Å². The molecule has 0 saturated carbocycles. The standard InChI is InChI=1S/C25H24N6O2/c1-16(2)31-24-21(14-27-31)20(13-22(29-24)23-5-4-12-33-23)25(32)28-19-8-6-18(7-9-19)15-30-11-10-26-17(30)3/h4-14,16H,15H2,1-3H3,(H,28,32). The number of aromatic nitrogens is 5. The minimum Gasteiger partial charge on any atom is -0.463 e. The second-order valence-corrected chi connectivity index (χ2v) is 8.21. The predicted octanol–water partition coefficient (Wildman–Crippen LogP) is 5.08. The van der Waals surface area contributed by atoms with Crippen LogP contribution in [0.1, 0.15) is 41.6 Å². The number of fused-ring (bicyclic) bond motifs is 1. The molecule has 0 bridgehead atoms. The third-order valence-electron chi connectivity index (χ3n) is 5.56. The second kappa shape index (κ2) is 8.38. The van der Waals surface area contributed by atoms with Crippen molar-refractivity contribution in [2.24, 2.45) is 0 Å². The highest BCUT2D eigenvalue weighted by molar-refractivity contribution is 6.12. The van der Waals surface area contributed by atoms with E-state index in [1.807, 2.05) is 62.0 Å². The number of hydrogen-bond acceptors (Lipinski definition) is 5. The number of hydrogen-bond donors (Lipinski definition) is 1. The molecule has 4 heterocycles. The molecular formula is C25H24N6O2. The van der Waals surface area contributed by atoms with Gasteiger partial charge in [0.2, 0.25) is 0 Å². The number of carbonyl (C=O) groups is 1. The van der Waals surface area contributed by atoms with E-state index in [-0.39, 0.29) is 11.9 Å². The van der Waals surface area contributed by atoms with Crippen molar-refractivity contribution in [1.82, 2.24) is 24.3 Å². The summed E-state index contributed by atoms with van der Waals surface area (Å²) in [7, 11) is 0. The molecule has 0 spiro atoms. The van der Waals surface area contributed by atoms with Crippen LogP contribution in [0.3, 0.4) is 0 Å². The van der Waals surface area contributed by atoms with Crippen LogP contribution >= 0.6 is 0 Å². The topological polar surface area (TPSA) is 90.8 Å². The average Bonchev–Trinajstić information content (AvgIpc) is 3.56. The first-order valence-corrected chi connectivity index (χ1v) is 10.8. The number of carbonyl (C=O) groups excluding carboxylic acids is 1. The highest BCUT2D eigenvalue weighted by Crippen LogP contribution is 2.27. The number of aryl methyl sites for hydroxylation is 1. The number of imidazole rings is 1. The molecule has 33 heavy (non-hydrogen) atoms. The van der Waals surface area contributed by atoms with E-state index in [1.165, 1.54) is 0 Å². The van der Waals surface area contributed by atoms with Crippen molar-refractivity contribution in [3.63, 3.8) is 0 Å². The molecule has 0 fully saturated rings. The van der Waals surface area contributed by atoms with Gasteiger partial charge in [-0.1, -0.05) is 12.1 Å². The van der Waals surface area contributed by atoms with E-state index < -0.39 is 0 Å². The van der Waals surface area contributed by atoms with Crippen LogP contribution in [-0.2, 0) is 6.54 Å². The number of rotatable bonds is 6. The van der Waals surface area contributed by atoms with E-state index in [0.29, 0.717) is 33.7 Å². The van der Waals surface area contributed by atoms with Crippen molar-refractivity contribution < 1.29 is 9.21 Å². The molecule has 0 saturated heterocycles. The van der Waals surface area contributed by atoms with Gasteiger partial charge < -0.3 is 14.3 Å². The summed E-state index contributed by atoms with van der Waals surface area (Å²) in [6.07, 6.45) is 7.03. The minimum absolute atomic E-state index is 0.101. The van der Waals surface area contributed by atoms with Crippen LogP contribution in [0.5, 0.6) is 0 Å². The maximum atomic E-state index is 13.3. The zero-order chi connectivity index (χ0) is 22.9. The Morgan fingerprint density at radius 3 is 2.67 bits per heavy atom. The number of benzene rings is 1. The first-order valence-electron chi connectivity index (χ1n) is 10.8. The Bertz CT molecular complexity index is 1410. The van der Waals surface area contributed by atoms with Crippen molar-refractivity contribution in [2.75, 3.05) is 5.32 Å². The maximum absolute atomic E-state index is 13.3. The SMILES string of the molecule is Cc1nccn1Cc1ccc(NC(=O)c2cc(-c3ccco3)nc3c2cnn3C(C)C)cc1. The van der Waals surface area contributed by atoms with E-state index in [1.54, 1.807) is 30.8 Å². The zero-order valence-corrected chi connectivity index (χ0v) is 18.7. The fourth-order valence-corrected chi connectivity index (χ4v) is 3.79. The van der Waals surface area contributed by atoms with Crippen LogP contribution in [0, 0.1) is 6.92 Å². The molecule has 1 aromatic carbocycles. The van der Waals surface area contributed by atoms with E-state index in [9.17, 15) is 4.79 Å². The Hall–Kier alpha value is -4.20. The molecule has 4 aromatic heterocycles. The molecule has 0 radical (unpaired) electrons. The first-order chi connectivity index (χ1) is 16.0. The number of anilines is 1. The van der Waals surface area contributed by atoms with Crippen LogP contribution in [0.15, 0.2) is 71.7 Å². The Labute approximate surface area is 190 Å². The number of amides is 1. The summed E-state index contributed by atoms with van der Waals surface area (Å²) in [6.45, 7) is 6.76. The van der Waals surface area contributed by atoms with Crippen molar-refractivity contribution in [1.29, 1.82) is 0 Å². The largest absolute Gasteiger partial charge is 0.463 e. The van der Waals surface area contributed by atoms with Crippen LogP contribution in [0.4, 0.5) is 5.69 Å². The van der Waals surface area contributed by atoms with Crippen LogP contribution in [-0.4, -0.2) is 30.2 Å². The smallest absolute Gasteiger partial charge is 0.256 e. The molecule has 0 atom stereocenters. The molecule has 166 valence electrons. The lowest BCUT2D eigenvalue weighted by molar-refractivity contribution is 0.102. The quantitative estimate of drug-likeness (QED) is 0.398. The lowest BCUT2D eigenvalue weighted by atomic mass is 10.1. The lowest BCUT2D eigenvalue weighted by Crippen LogP contribution is -2.13. The van der Waals surface area contributed by atoms with Gasteiger partial charge in [0.05, 0.1) is 23.4 Å². The van der Waals surface area contributed by atoms with Crippen molar-refractivity contribution >= 4 is 22.6 Å². The first kappa shape index (κ1) is 20.7. The Kier molecular flexibility index (Phi) is 5.26. The minimum atomic E-state index is -0.225. The fourth-order valence-electron chi connectivity index (χ4n) is 3.79. The summed E-state index contributed by atoms with van der Waals surface area (Å²) in [4.78, 5) is 22.3. The maximum Gasteiger partial charge on any atom is 0.256 e.